The Morgan fingerprint density at radius 3 is 2.61 bits per heavy atom. The first-order valence-corrected chi connectivity index (χ1v) is 7.43. The Labute approximate surface area is 107 Å². The standard InChI is InChI=1S/C11H18N2O4S/c1-4-9-6-10(13(3)12-9)7-18(16,17)8(2)5-11(14)15/h6,8H,4-5,7H2,1-3H3,(H,14,15). The van der Waals surface area contributed by atoms with E-state index in [9.17, 15) is 13.2 Å². The molecule has 1 rings (SSSR count). The lowest BCUT2D eigenvalue weighted by atomic mass is 10.3. The number of aliphatic carboxylic acids is 1. The van der Waals surface area contributed by atoms with Crippen molar-refractivity contribution in [1.29, 1.82) is 0 Å². The number of sulfone groups is 1. The number of hydrogen-bond donors (Lipinski definition) is 1. The van der Waals surface area contributed by atoms with Crippen LogP contribution in [0.1, 0.15) is 31.7 Å². The molecule has 7 heteroatoms. The second-order valence-electron chi connectivity index (χ2n) is 4.32. The summed E-state index contributed by atoms with van der Waals surface area (Å²) < 4.78 is 25.5. The molecule has 102 valence electrons. The third-order valence-corrected chi connectivity index (χ3v) is 4.90. The maximum absolute atomic E-state index is 12.0. The van der Waals surface area contributed by atoms with Gasteiger partial charge in [0.25, 0.3) is 0 Å². The molecule has 0 spiro atoms. The first kappa shape index (κ1) is 14.7. The average Bonchev–Trinajstić information content (AvgIpc) is 2.58. The van der Waals surface area contributed by atoms with Crippen LogP contribution < -0.4 is 0 Å². The van der Waals surface area contributed by atoms with Crippen molar-refractivity contribution < 1.29 is 18.3 Å². The summed E-state index contributed by atoms with van der Waals surface area (Å²) in [6.45, 7) is 3.36. The van der Waals surface area contributed by atoms with Crippen molar-refractivity contribution in [2.45, 2.75) is 37.7 Å². The summed E-state index contributed by atoms with van der Waals surface area (Å²) in [4.78, 5) is 10.5. The van der Waals surface area contributed by atoms with E-state index in [1.54, 1.807) is 13.1 Å². The molecular formula is C11H18N2O4S. The molecule has 0 bridgehead atoms. The van der Waals surface area contributed by atoms with Crippen LogP contribution in [0.5, 0.6) is 0 Å². The maximum atomic E-state index is 12.0. The van der Waals surface area contributed by atoms with Crippen molar-refractivity contribution in [3.05, 3.63) is 17.5 Å². The summed E-state index contributed by atoms with van der Waals surface area (Å²) in [6, 6.07) is 1.74. The molecule has 1 heterocycles. The van der Waals surface area contributed by atoms with Crippen molar-refractivity contribution in [3.8, 4) is 0 Å². The zero-order valence-corrected chi connectivity index (χ0v) is 11.6. The highest BCUT2D eigenvalue weighted by molar-refractivity contribution is 7.91. The van der Waals surface area contributed by atoms with Gasteiger partial charge in [-0.1, -0.05) is 6.92 Å². The molecule has 6 nitrogen and oxygen atoms in total. The van der Waals surface area contributed by atoms with Crippen molar-refractivity contribution in [3.63, 3.8) is 0 Å². The fourth-order valence-corrected chi connectivity index (χ4v) is 2.96. The van der Waals surface area contributed by atoms with Crippen LogP contribution in [0.15, 0.2) is 6.07 Å². The molecule has 0 radical (unpaired) electrons. The number of nitrogens with zero attached hydrogens (tertiary/aromatic N) is 2. The SMILES string of the molecule is CCc1cc(CS(=O)(=O)C(C)CC(=O)O)n(C)n1. The van der Waals surface area contributed by atoms with Crippen molar-refractivity contribution in [2.75, 3.05) is 0 Å². The molecular weight excluding hydrogens is 256 g/mol. The van der Waals surface area contributed by atoms with E-state index in [0.717, 1.165) is 12.1 Å². The number of rotatable bonds is 6. The second kappa shape index (κ2) is 5.51. The second-order valence-corrected chi connectivity index (χ2v) is 6.74. The lowest BCUT2D eigenvalue weighted by molar-refractivity contribution is -0.136. The minimum absolute atomic E-state index is 0.176. The van der Waals surface area contributed by atoms with Crippen LogP contribution in [0, 0.1) is 0 Å². The topological polar surface area (TPSA) is 89.3 Å². The molecule has 1 aromatic heterocycles. The van der Waals surface area contributed by atoms with Crippen LogP contribution in [-0.2, 0) is 33.9 Å². The maximum Gasteiger partial charge on any atom is 0.304 e. The van der Waals surface area contributed by atoms with Gasteiger partial charge in [-0.15, -0.1) is 0 Å². The highest BCUT2D eigenvalue weighted by Gasteiger charge is 2.25. The van der Waals surface area contributed by atoms with Gasteiger partial charge in [-0.2, -0.15) is 5.10 Å². The van der Waals surface area contributed by atoms with Crippen LogP contribution in [0.4, 0.5) is 0 Å². The summed E-state index contributed by atoms with van der Waals surface area (Å²) in [6.07, 6.45) is 0.361. The van der Waals surface area contributed by atoms with Crippen LogP contribution in [0.2, 0.25) is 0 Å². The van der Waals surface area contributed by atoms with Gasteiger partial charge in [0.1, 0.15) is 0 Å². The van der Waals surface area contributed by atoms with Gasteiger partial charge in [-0.05, 0) is 19.4 Å². The van der Waals surface area contributed by atoms with Gasteiger partial charge in [0.05, 0.1) is 28.8 Å². The predicted molar refractivity (Wildman–Crippen MR) is 66.9 cm³/mol. The van der Waals surface area contributed by atoms with Gasteiger partial charge in [0, 0.05) is 7.05 Å². The molecule has 1 aromatic rings. The summed E-state index contributed by atoms with van der Waals surface area (Å²) in [7, 11) is -1.78. The fourth-order valence-electron chi connectivity index (χ4n) is 1.60. The van der Waals surface area contributed by atoms with Gasteiger partial charge in [-0.25, -0.2) is 8.42 Å². The van der Waals surface area contributed by atoms with E-state index in [1.807, 2.05) is 6.92 Å². The van der Waals surface area contributed by atoms with E-state index in [0.29, 0.717) is 5.69 Å². The molecule has 1 unspecified atom stereocenters. The highest BCUT2D eigenvalue weighted by Crippen LogP contribution is 2.14. The molecule has 1 atom stereocenters. The minimum atomic E-state index is -3.47. The molecule has 0 amide bonds. The molecule has 0 saturated heterocycles. The molecule has 0 aromatic carbocycles. The number of hydrogen-bond acceptors (Lipinski definition) is 4. The Kier molecular flexibility index (Phi) is 4.50. The number of carbonyl (C=O) groups is 1. The van der Waals surface area contributed by atoms with E-state index in [-0.39, 0.29) is 12.2 Å². The number of aromatic nitrogens is 2. The number of carboxylic acids is 1. The van der Waals surface area contributed by atoms with E-state index in [1.165, 1.54) is 11.6 Å². The first-order valence-electron chi connectivity index (χ1n) is 5.71. The van der Waals surface area contributed by atoms with E-state index < -0.39 is 21.1 Å². The number of carboxylic acid groups (broad SMARTS) is 1. The zero-order valence-electron chi connectivity index (χ0n) is 10.8. The monoisotopic (exact) mass is 274 g/mol. The quantitative estimate of drug-likeness (QED) is 0.827. The lowest BCUT2D eigenvalue weighted by Crippen LogP contribution is -2.23. The molecule has 0 fully saturated rings. The van der Waals surface area contributed by atoms with Crippen LogP contribution in [0.3, 0.4) is 0 Å². The smallest absolute Gasteiger partial charge is 0.304 e. The average molecular weight is 274 g/mol. The van der Waals surface area contributed by atoms with Gasteiger partial charge >= 0.3 is 5.97 Å². The Morgan fingerprint density at radius 1 is 1.56 bits per heavy atom. The van der Waals surface area contributed by atoms with Crippen LogP contribution >= 0.6 is 0 Å². The van der Waals surface area contributed by atoms with Gasteiger partial charge < -0.3 is 5.11 Å². The fraction of sp³-hybridized carbons (Fsp3) is 0.636. The van der Waals surface area contributed by atoms with Crippen molar-refractivity contribution in [1.82, 2.24) is 9.78 Å². The summed E-state index contributed by atoms with van der Waals surface area (Å²) >= 11 is 0. The molecule has 0 aliphatic carbocycles. The van der Waals surface area contributed by atoms with Gasteiger partial charge in [0.15, 0.2) is 9.84 Å². The summed E-state index contributed by atoms with van der Waals surface area (Å²) in [5, 5.41) is 11.9. The van der Waals surface area contributed by atoms with Gasteiger partial charge in [0.2, 0.25) is 0 Å². The number of aryl methyl sites for hydroxylation is 2. The third kappa shape index (κ3) is 3.56. The first-order chi connectivity index (χ1) is 8.26. The largest absolute Gasteiger partial charge is 0.481 e. The normalized spacial score (nSPS) is 13.5. The third-order valence-electron chi connectivity index (χ3n) is 2.81. The summed E-state index contributed by atoms with van der Waals surface area (Å²) in [5.41, 5.74) is 1.41. The van der Waals surface area contributed by atoms with Crippen molar-refractivity contribution >= 4 is 15.8 Å². The molecule has 0 aliphatic rings. The molecule has 0 aliphatic heterocycles. The lowest BCUT2D eigenvalue weighted by Gasteiger charge is -2.10. The Bertz CT molecular complexity index is 533. The van der Waals surface area contributed by atoms with E-state index >= 15 is 0 Å². The van der Waals surface area contributed by atoms with Crippen molar-refractivity contribution in [2.24, 2.45) is 7.05 Å². The molecule has 18 heavy (non-hydrogen) atoms. The van der Waals surface area contributed by atoms with E-state index in [4.69, 9.17) is 5.11 Å². The van der Waals surface area contributed by atoms with Crippen LogP contribution in [0.25, 0.3) is 0 Å². The highest BCUT2D eigenvalue weighted by atomic mass is 32.2. The van der Waals surface area contributed by atoms with Gasteiger partial charge in [-0.3, -0.25) is 9.48 Å². The van der Waals surface area contributed by atoms with E-state index in [2.05, 4.69) is 5.10 Å². The predicted octanol–water partition coefficient (Wildman–Crippen LogP) is 0.760. The molecule has 0 saturated carbocycles. The Balaban J connectivity index is 2.88. The summed E-state index contributed by atoms with van der Waals surface area (Å²) in [5.74, 6) is -1.28. The Hall–Kier alpha value is -1.37. The molecule has 1 N–H and O–H groups in total. The minimum Gasteiger partial charge on any atom is -0.481 e. The Morgan fingerprint density at radius 2 is 2.17 bits per heavy atom. The zero-order chi connectivity index (χ0) is 13.9. The van der Waals surface area contributed by atoms with Crippen LogP contribution in [-0.4, -0.2) is 34.5 Å².